The summed E-state index contributed by atoms with van der Waals surface area (Å²) in [6, 6.07) is 3.96. The van der Waals surface area contributed by atoms with Crippen LogP contribution in [0, 0.1) is 0 Å². The number of likely N-dealkylation sites (tertiary alicyclic amines) is 1. The molecule has 2 fully saturated rings. The van der Waals surface area contributed by atoms with E-state index in [4.69, 9.17) is 0 Å². The molecule has 0 aromatic carbocycles. The molecular weight excluding hydrogens is 402 g/mol. The van der Waals surface area contributed by atoms with Crippen molar-refractivity contribution in [3.05, 3.63) is 33.7 Å². The highest BCUT2D eigenvalue weighted by Crippen LogP contribution is 2.40. The zero-order valence-electron chi connectivity index (χ0n) is 17.1. The van der Waals surface area contributed by atoms with Crippen LogP contribution in [0.15, 0.2) is 22.3 Å². The summed E-state index contributed by atoms with van der Waals surface area (Å²) in [7, 11) is 0. The van der Waals surface area contributed by atoms with Gasteiger partial charge in [-0.15, -0.1) is 11.3 Å². The van der Waals surface area contributed by atoms with Crippen molar-refractivity contribution in [3.63, 3.8) is 0 Å². The van der Waals surface area contributed by atoms with Gasteiger partial charge in [-0.1, -0.05) is 0 Å². The van der Waals surface area contributed by atoms with E-state index in [2.05, 4.69) is 15.3 Å². The fraction of sp³-hybridized carbons (Fsp3) is 0.571. The molecule has 1 amide bonds. The maximum absolute atomic E-state index is 13.1. The first-order valence-electron chi connectivity index (χ1n) is 10.7. The number of fused-ring (bicyclic) bond motifs is 3. The van der Waals surface area contributed by atoms with Crippen LogP contribution in [0.1, 0.15) is 44.3 Å². The number of carbonyl (C=O) groups is 1. The Morgan fingerprint density at radius 3 is 3.00 bits per heavy atom. The minimum atomic E-state index is -0.383. The number of β-amino-alcohol motifs (C(OH)–C–C–N with tert-alkyl or cyclic N) is 1. The molecular formula is C21H27N5O3S. The molecule has 0 spiro atoms. The number of nitrogens with zero attached hydrogens (tertiary/aromatic N) is 4. The number of nitrogens with one attached hydrogen (secondary N) is 1. The quantitative estimate of drug-likeness (QED) is 0.620. The van der Waals surface area contributed by atoms with Crippen LogP contribution in [0.4, 0.5) is 0 Å². The summed E-state index contributed by atoms with van der Waals surface area (Å²) in [6.07, 6.45) is 3.64. The molecule has 1 unspecified atom stereocenters. The summed E-state index contributed by atoms with van der Waals surface area (Å²) in [4.78, 5) is 29.0. The lowest BCUT2D eigenvalue weighted by atomic mass is 10.1. The summed E-state index contributed by atoms with van der Waals surface area (Å²) in [5.41, 5.74) is 0.375. The minimum absolute atomic E-state index is 0.0333. The van der Waals surface area contributed by atoms with Crippen molar-refractivity contribution < 1.29 is 9.90 Å². The van der Waals surface area contributed by atoms with Gasteiger partial charge >= 0.3 is 0 Å². The van der Waals surface area contributed by atoms with Gasteiger partial charge in [-0.3, -0.25) is 18.9 Å². The highest BCUT2D eigenvalue weighted by atomic mass is 32.1. The van der Waals surface area contributed by atoms with Crippen LogP contribution in [0.25, 0.3) is 15.7 Å². The lowest BCUT2D eigenvalue weighted by Crippen LogP contribution is -2.50. The minimum Gasteiger partial charge on any atom is -0.392 e. The fourth-order valence-electron chi connectivity index (χ4n) is 4.49. The molecule has 2 aliphatic rings. The first kappa shape index (κ1) is 19.7. The number of aliphatic hydroxyl groups excluding tert-OH is 1. The van der Waals surface area contributed by atoms with Gasteiger partial charge in [-0.05, 0) is 56.7 Å². The van der Waals surface area contributed by atoms with Gasteiger partial charge in [-0.25, -0.2) is 4.68 Å². The number of hydrogen-bond donors (Lipinski definition) is 2. The molecule has 3 aromatic rings. The summed E-state index contributed by atoms with van der Waals surface area (Å²) in [5.74, 6) is 1.05. The average molecular weight is 430 g/mol. The van der Waals surface area contributed by atoms with Crippen molar-refractivity contribution in [2.45, 2.75) is 57.2 Å². The molecule has 8 nitrogen and oxygen atoms in total. The number of carbonyl (C=O) groups excluding carboxylic acids is 1. The van der Waals surface area contributed by atoms with Crippen molar-refractivity contribution in [3.8, 4) is 0 Å². The molecule has 1 saturated carbocycles. The second kappa shape index (κ2) is 7.79. The molecule has 0 radical (unpaired) electrons. The predicted octanol–water partition coefficient (Wildman–Crippen LogP) is 1.55. The van der Waals surface area contributed by atoms with Crippen molar-refractivity contribution in [2.75, 3.05) is 19.6 Å². The van der Waals surface area contributed by atoms with Gasteiger partial charge in [-0.2, -0.15) is 5.10 Å². The van der Waals surface area contributed by atoms with Gasteiger partial charge in [0.15, 0.2) is 0 Å². The van der Waals surface area contributed by atoms with Gasteiger partial charge in [0, 0.05) is 30.4 Å². The standard InChI is InChI=1S/C21H27N5O3S/c1-13(27)10-24-7-2-3-16(11-24)22-18(28)12-25-20(29)17-9-15-6-8-30-21(15)26(17)19(23-25)14-4-5-14/h6,8-9,13-14,16,27H,2-5,7,10-12H2,1H3,(H,22,28)/t13?,16-/m1/s1. The van der Waals surface area contributed by atoms with Crippen LogP contribution in [0.2, 0.25) is 0 Å². The Labute approximate surface area is 178 Å². The monoisotopic (exact) mass is 429 g/mol. The fourth-order valence-corrected chi connectivity index (χ4v) is 5.39. The maximum Gasteiger partial charge on any atom is 0.291 e. The van der Waals surface area contributed by atoms with E-state index in [0.29, 0.717) is 18.0 Å². The first-order chi connectivity index (χ1) is 14.5. The second-order valence-electron chi connectivity index (χ2n) is 8.66. The molecule has 3 aromatic heterocycles. The van der Waals surface area contributed by atoms with Gasteiger partial charge in [0.2, 0.25) is 5.91 Å². The number of hydrogen-bond acceptors (Lipinski definition) is 6. The molecule has 2 atom stereocenters. The van der Waals surface area contributed by atoms with Gasteiger partial charge in [0.25, 0.3) is 5.56 Å². The Morgan fingerprint density at radius 1 is 1.40 bits per heavy atom. The van der Waals surface area contributed by atoms with Crippen LogP contribution in [-0.4, -0.2) is 61.9 Å². The number of rotatable bonds is 6. The number of thiophene rings is 1. The average Bonchev–Trinajstić information content (AvgIpc) is 3.32. The van der Waals surface area contributed by atoms with Crippen LogP contribution < -0.4 is 10.9 Å². The summed E-state index contributed by atoms with van der Waals surface area (Å²) in [5, 5.41) is 20.4. The molecule has 2 N–H and O–H groups in total. The van der Waals surface area contributed by atoms with E-state index in [9.17, 15) is 14.7 Å². The Morgan fingerprint density at radius 2 is 2.23 bits per heavy atom. The maximum atomic E-state index is 13.1. The number of amides is 1. The van der Waals surface area contributed by atoms with E-state index in [1.165, 1.54) is 4.68 Å². The normalized spacial score (nSPS) is 21.3. The van der Waals surface area contributed by atoms with Crippen molar-refractivity contribution in [1.82, 2.24) is 24.4 Å². The largest absolute Gasteiger partial charge is 0.392 e. The number of aliphatic hydroxyl groups is 1. The SMILES string of the molecule is CC(O)CN1CCC[C@@H](NC(=O)Cn2nc(C3CC3)n3c(cc4ccsc43)c2=O)C1. The summed E-state index contributed by atoms with van der Waals surface area (Å²) in [6.45, 7) is 3.98. The molecule has 5 rings (SSSR count). The van der Waals surface area contributed by atoms with Gasteiger partial charge in [0.05, 0.1) is 6.10 Å². The third-order valence-electron chi connectivity index (χ3n) is 5.95. The molecule has 9 heteroatoms. The van der Waals surface area contributed by atoms with E-state index in [1.807, 2.05) is 21.9 Å². The zero-order valence-corrected chi connectivity index (χ0v) is 17.9. The van der Waals surface area contributed by atoms with Crippen LogP contribution in [0.5, 0.6) is 0 Å². The lowest BCUT2D eigenvalue weighted by molar-refractivity contribution is -0.123. The van der Waals surface area contributed by atoms with E-state index in [-0.39, 0.29) is 30.2 Å². The Bertz CT molecular complexity index is 1140. The Balaban J connectivity index is 1.37. The molecule has 160 valence electrons. The molecule has 1 aliphatic carbocycles. The predicted molar refractivity (Wildman–Crippen MR) is 116 cm³/mol. The molecule has 0 bridgehead atoms. The third-order valence-corrected chi connectivity index (χ3v) is 6.86. The Kier molecular flexibility index (Phi) is 5.12. The van der Waals surface area contributed by atoms with Crippen molar-refractivity contribution in [1.29, 1.82) is 0 Å². The highest BCUT2D eigenvalue weighted by Gasteiger charge is 2.30. The van der Waals surface area contributed by atoms with E-state index in [1.54, 1.807) is 18.3 Å². The van der Waals surface area contributed by atoms with Crippen LogP contribution >= 0.6 is 11.3 Å². The molecule has 1 aliphatic heterocycles. The van der Waals surface area contributed by atoms with Crippen molar-refractivity contribution in [2.24, 2.45) is 0 Å². The number of piperidine rings is 1. The smallest absolute Gasteiger partial charge is 0.291 e. The van der Waals surface area contributed by atoms with Gasteiger partial charge in [0.1, 0.15) is 22.7 Å². The molecule has 30 heavy (non-hydrogen) atoms. The number of aromatic nitrogens is 3. The van der Waals surface area contributed by atoms with Crippen LogP contribution in [-0.2, 0) is 11.3 Å². The Hall–Kier alpha value is -2.23. The van der Waals surface area contributed by atoms with Crippen LogP contribution in [0.3, 0.4) is 0 Å². The highest BCUT2D eigenvalue weighted by molar-refractivity contribution is 7.16. The first-order valence-corrected chi connectivity index (χ1v) is 11.6. The topological polar surface area (TPSA) is 91.9 Å². The van der Waals surface area contributed by atoms with Crippen molar-refractivity contribution >= 4 is 33.0 Å². The summed E-state index contributed by atoms with van der Waals surface area (Å²) < 4.78 is 3.32. The van der Waals surface area contributed by atoms with Gasteiger partial charge < -0.3 is 10.4 Å². The van der Waals surface area contributed by atoms with E-state index < -0.39 is 0 Å². The van der Waals surface area contributed by atoms with E-state index >= 15 is 0 Å². The zero-order chi connectivity index (χ0) is 20.8. The second-order valence-corrected chi connectivity index (χ2v) is 9.55. The lowest BCUT2D eigenvalue weighted by Gasteiger charge is -2.33. The summed E-state index contributed by atoms with van der Waals surface area (Å²) >= 11 is 1.61. The van der Waals surface area contributed by atoms with E-state index in [0.717, 1.165) is 54.8 Å². The molecule has 4 heterocycles. The third kappa shape index (κ3) is 3.77. The molecule has 1 saturated heterocycles.